The Balaban J connectivity index is 2.04. The first-order chi connectivity index (χ1) is 10.7. The highest BCUT2D eigenvalue weighted by Gasteiger charge is 2.35. The van der Waals surface area contributed by atoms with Crippen LogP contribution < -0.4 is 5.32 Å². The van der Waals surface area contributed by atoms with Gasteiger partial charge in [-0.15, -0.1) is 0 Å². The molecule has 1 N–H and O–H groups in total. The van der Waals surface area contributed by atoms with Crippen molar-refractivity contribution in [3.8, 4) is 0 Å². The van der Waals surface area contributed by atoms with Gasteiger partial charge in [0.15, 0.2) is 0 Å². The van der Waals surface area contributed by atoms with E-state index in [2.05, 4.69) is 5.32 Å². The van der Waals surface area contributed by atoms with Gasteiger partial charge in [0.2, 0.25) is 5.91 Å². The van der Waals surface area contributed by atoms with Gasteiger partial charge in [-0.25, -0.2) is 4.39 Å². The summed E-state index contributed by atoms with van der Waals surface area (Å²) in [4.78, 5) is 12.3. The molecule has 0 aliphatic carbocycles. The normalized spacial score (nSPS) is 17.2. The number of nitrogens with one attached hydrogen (secondary N) is 1. The van der Waals surface area contributed by atoms with Crippen molar-refractivity contribution in [3.05, 3.63) is 35.6 Å². The van der Waals surface area contributed by atoms with E-state index >= 15 is 0 Å². The van der Waals surface area contributed by atoms with Crippen LogP contribution in [0, 0.1) is 5.82 Å². The zero-order valence-electron chi connectivity index (χ0n) is 13.1. The average Bonchev–Trinajstić information content (AvgIpc) is 2.52. The SMILES string of the molecule is COCCCCC(=O)NC1(c2cccc(F)c2)CCOCC1. The number of carbonyl (C=O) groups excluding carboxylic acids is 1. The van der Waals surface area contributed by atoms with Crippen molar-refractivity contribution < 1.29 is 18.7 Å². The Bertz CT molecular complexity index is 487. The highest BCUT2D eigenvalue weighted by Crippen LogP contribution is 2.32. The fraction of sp³-hybridized carbons (Fsp3) is 0.588. The van der Waals surface area contributed by atoms with Crippen LogP contribution in [0.15, 0.2) is 24.3 Å². The first-order valence-electron chi connectivity index (χ1n) is 7.80. The second-order valence-electron chi connectivity index (χ2n) is 5.70. The summed E-state index contributed by atoms with van der Waals surface area (Å²) in [5.41, 5.74) is 0.305. The van der Waals surface area contributed by atoms with Crippen molar-refractivity contribution in [1.82, 2.24) is 5.32 Å². The number of halogens is 1. The lowest BCUT2D eigenvalue weighted by Gasteiger charge is -2.38. The van der Waals surface area contributed by atoms with Gasteiger partial charge in [-0.2, -0.15) is 0 Å². The fourth-order valence-electron chi connectivity index (χ4n) is 2.85. The Morgan fingerprint density at radius 3 is 2.82 bits per heavy atom. The smallest absolute Gasteiger partial charge is 0.220 e. The third kappa shape index (κ3) is 4.52. The van der Waals surface area contributed by atoms with E-state index in [1.165, 1.54) is 12.1 Å². The van der Waals surface area contributed by atoms with E-state index in [0.717, 1.165) is 18.4 Å². The molecule has 0 unspecified atom stereocenters. The maximum absolute atomic E-state index is 13.6. The molecule has 0 atom stereocenters. The van der Waals surface area contributed by atoms with Crippen molar-refractivity contribution in [2.24, 2.45) is 0 Å². The number of unbranched alkanes of at least 4 members (excludes halogenated alkanes) is 1. The first kappa shape index (κ1) is 16.9. The third-order valence-electron chi connectivity index (χ3n) is 4.10. The average molecular weight is 309 g/mol. The predicted molar refractivity (Wildman–Crippen MR) is 82.0 cm³/mol. The molecule has 22 heavy (non-hydrogen) atoms. The number of amides is 1. The van der Waals surface area contributed by atoms with E-state index < -0.39 is 5.54 Å². The van der Waals surface area contributed by atoms with Crippen molar-refractivity contribution in [2.75, 3.05) is 26.9 Å². The van der Waals surface area contributed by atoms with Gasteiger partial charge < -0.3 is 14.8 Å². The van der Waals surface area contributed by atoms with Crippen molar-refractivity contribution in [2.45, 2.75) is 37.6 Å². The molecule has 1 saturated heterocycles. The molecule has 0 saturated carbocycles. The van der Waals surface area contributed by atoms with Crippen LogP contribution in [-0.4, -0.2) is 32.8 Å². The number of benzene rings is 1. The van der Waals surface area contributed by atoms with E-state index in [4.69, 9.17) is 9.47 Å². The summed E-state index contributed by atoms with van der Waals surface area (Å²) in [6.45, 7) is 1.80. The molecule has 1 heterocycles. The zero-order valence-corrected chi connectivity index (χ0v) is 13.1. The summed E-state index contributed by atoms with van der Waals surface area (Å²) >= 11 is 0. The molecule has 0 bridgehead atoms. The van der Waals surface area contributed by atoms with E-state index in [9.17, 15) is 9.18 Å². The first-order valence-corrected chi connectivity index (χ1v) is 7.80. The molecule has 0 aromatic heterocycles. The minimum atomic E-state index is -0.515. The molecule has 1 aromatic carbocycles. The van der Waals surface area contributed by atoms with Crippen LogP contribution in [0.25, 0.3) is 0 Å². The Labute approximate surface area is 131 Å². The fourth-order valence-corrected chi connectivity index (χ4v) is 2.85. The van der Waals surface area contributed by atoms with Gasteiger partial charge in [-0.05, 0) is 43.4 Å². The lowest BCUT2D eigenvalue weighted by molar-refractivity contribution is -0.124. The topological polar surface area (TPSA) is 47.6 Å². The Hall–Kier alpha value is -1.46. The number of hydrogen-bond donors (Lipinski definition) is 1. The summed E-state index contributed by atoms with van der Waals surface area (Å²) in [6, 6.07) is 6.49. The lowest BCUT2D eigenvalue weighted by atomic mass is 9.82. The molecule has 122 valence electrons. The second-order valence-corrected chi connectivity index (χ2v) is 5.70. The van der Waals surface area contributed by atoms with Crippen LogP contribution in [0.2, 0.25) is 0 Å². The van der Waals surface area contributed by atoms with Gasteiger partial charge in [0.25, 0.3) is 0 Å². The summed E-state index contributed by atoms with van der Waals surface area (Å²) in [5.74, 6) is -0.278. The predicted octanol–water partition coefficient (Wildman–Crippen LogP) is 2.76. The Kier molecular flexibility index (Phi) is 6.34. The number of rotatable bonds is 7. The largest absolute Gasteiger partial charge is 0.385 e. The van der Waals surface area contributed by atoms with Gasteiger partial charge in [0.1, 0.15) is 5.82 Å². The van der Waals surface area contributed by atoms with Crippen LogP contribution in [-0.2, 0) is 19.8 Å². The quantitative estimate of drug-likeness (QED) is 0.788. The van der Waals surface area contributed by atoms with E-state index in [0.29, 0.717) is 39.1 Å². The second kappa shape index (κ2) is 8.25. The minimum Gasteiger partial charge on any atom is -0.385 e. The highest BCUT2D eigenvalue weighted by atomic mass is 19.1. The number of ether oxygens (including phenoxy) is 2. The van der Waals surface area contributed by atoms with Crippen LogP contribution >= 0.6 is 0 Å². The van der Waals surface area contributed by atoms with Crippen LogP contribution in [0.3, 0.4) is 0 Å². The van der Waals surface area contributed by atoms with E-state index in [1.54, 1.807) is 13.2 Å². The minimum absolute atomic E-state index is 0.00210. The van der Waals surface area contributed by atoms with Crippen LogP contribution in [0.5, 0.6) is 0 Å². The summed E-state index contributed by atoms with van der Waals surface area (Å²) < 4.78 is 24.0. The van der Waals surface area contributed by atoms with Crippen molar-refractivity contribution >= 4 is 5.91 Å². The summed E-state index contributed by atoms with van der Waals surface area (Å²) in [6.07, 6.45) is 3.44. The number of hydrogen-bond acceptors (Lipinski definition) is 3. The molecule has 1 aliphatic rings. The van der Waals surface area contributed by atoms with Gasteiger partial charge in [-0.1, -0.05) is 12.1 Å². The molecule has 4 nitrogen and oxygen atoms in total. The molecule has 5 heteroatoms. The molecule has 2 rings (SSSR count). The number of carbonyl (C=O) groups is 1. The third-order valence-corrected chi connectivity index (χ3v) is 4.10. The van der Waals surface area contributed by atoms with E-state index in [1.807, 2.05) is 6.07 Å². The van der Waals surface area contributed by atoms with Crippen LogP contribution in [0.4, 0.5) is 4.39 Å². The maximum Gasteiger partial charge on any atom is 0.220 e. The molecular weight excluding hydrogens is 285 g/mol. The standard InChI is InChI=1S/C17H24FNO3/c1-21-10-3-2-7-16(20)19-17(8-11-22-12-9-17)14-5-4-6-15(18)13-14/h4-6,13H,2-3,7-12H2,1H3,(H,19,20). The molecule has 0 radical (unpaired) electrons. The monoisotopic (exact) mass is 309 g/mol. The zero-order chi connectivity index (χ0) is 15.8. The molecule has 1 aromatic rings. The van der Waals surface area contributed by atoms with Gasteiger partial charge in [0, 0.05) is 33.4 Å². The van der Waals surface area contributed by atoms with Gasteiger partial charge >= 0.3 is 0 Å². The molecule has 0 spiro atoms. The molecule has 1 aliphatic heterocycles. The summed E-state index contributed by atoms with van der Waals surface area (Å²) in [5, 5.41) is 3.13. The van der Waals surface area contributed by atoms with Crippen LogP contribution in [0.1, 0.15) is 37.7 Å². The van der Waals surface area contributed by atoms with Crippen molar-refractivity contribution in [3.63, 3.8) is 0 Å². The molecule has 1 amide bonds. The van der Waals surface area contributed by atoms with E-state index in [-0.39, 0.29) is 11.7 Å². The lowest BCUT2D eigenvalue weighted by Crippen LogP contribution is -2.49. The van der Waals surface area contributed by atoms with Crippen molar-refractivity contribution in [1.29, 1.82) is 0 Å². The highest BCUT2D eigenvalue weighted by molar-refractivity contribution is 5.77. The Morgan fingerprint density at radius 2 is 2.14 bits per heavy atom. The molecule has 1 fully saturated rings. The maximum atomic E-state index is 13.6. The van der Waals surface area contributed by atoms with Gasteiger partial charge in [0.05, 0.1) is 5.54 Å². The number of methoxy groups -OCH3 is 1. The van der Waals surface area contributed by atoms with Gasteiger partial charge in [-0.3, -0.25) is 4.79 Å². The molecular formula is C17H24FNO3. The Morgan fingerprint density at radius 1 is 1.36 bits per heavy atom. The summed E-state index contributed by atoms with van der Waals surface area (Å²) in [7, 11) is 1.65.